The number of nitrogen functional groups attached to an aromatic ring is 1. The maximum Gasteiger partial charge on any atom is 0.205 e. The lowest BCUT2D eigenvalue weighted by atomic mass is 9.92. The van der Waals surface area contributed by atoms with Gasteiger partial charge in [-0.05, 0) is 30.8 Å². The smallest absolute Gasteiger partial charge is 0.205 e. The Balaban J connectivity index is 1.80. The van der Waals surface area contributed by atoms with Gasteiger partial charge in [0.05, 0.1) is 5.69 Å². The van der Waals surface area contributed by atoms with E-state index in [2.05, 4.69) is 11.9 Å². The molecule has 0 saturated carbocycles. The average molecular weight is 468 g/mol. The van der Waals surface area contributed by atoms with Crippen LogP contribution in [0.4, 0.5) is 5.69 Å². The molecule has 0 amide bonds. The summed E-state index contributed by atoms with van der Waals surface area (Å²) >= 11 is 14.1. The van der Waals surface area contributed by atoms with Gasteiger partial charge in [-0.2, -0.15) is 0 Å². The zero-order chi connectivity index (χ0) is 21.7. The van der Waals surface area contributed by atoms with Crippen LogP contribution in [0.1, 0.15) is 26.5 Å². The van der Waals surface area contributed by atoms with E-state index >= 15 is 0 Å². The number of hydrogen-bond donors (Lipinski definition) is 1. The van der Waals surface area contributed by atoms with E-state index in [-0.39, 0.29) is 5.78 Å². The van der Waals surface area contributed by atoms with Gasteiger partial charge in [0.2, 0.25) is 5.78 Å². The van der Waals surface area contributed by atoms with Crippen molar-refractivity contribution in [2.45, 2.75) is 13.0 Å². The zero-order valence-electron chi connectivity index (χ0n) is 16.8. The normalized spacial score (nSPS) is 14.0. The van der Waals surface area contributed by atoms with Crippen LogP contribution in [0.25, 0.3) is 21.3 Å². The van der Waals surface area contributed by atoms with Crippen LogP contribution in [0.3, 0.4) is 0 Å². The third-order valence-electron chi connectivity index (χ3n) is 5.66. The van der Waals surface area contributed by atoms with Gasteiger partial charge >= 0.3 is 0 Å². The summed E-state index contributed by atoms with van der Waals surface area (Å²) in [5, 5.41) is 1.97. The van der Waals surface area contributed by atoms with Gasteiger partial charge in [-0.15, -0.1) is 11.3 Å². The summed E-state index contributed by atoms with van der Waals surface area (Å²) in [4.78, 5) is 21.7. The van der Waals surface area contributed by atoms with Crippen molar-refractivity contribution < 1.29 is 4.79 Å². The largest absolute Gasteiger partial charge is 0.397 e. The van der Waals surface area contributed by atoms with Crippen LogP contribution in [0.15, 0.2) is 48.5 Å². The third-order valence-corrected chi connectivity index (χ3v) is 7.32. The zero-order valence-corrected chi connectivity index (χ0v) is 19.1. The van der Waals surface area contributed by atoms with E-state index in [1.165, 1.54) is 11.3 Å². The molecule has 0 radical (unpaired) electrons. The van der Waals surface area contributed by atoms with Gasteiger partial charge in [-0.3, -0.25) is 4.79 Å². The number of rotatable bonds is 3. The molecule has 0 atom stereocenters. The van der Waals surface area contributed by atoms with Crippen LogP contribution >= 0.6 is 34.5 Å². The summed E-state index contributed by atoms with van der Waals surface area (Å²) in [6.07, 6.45) is 0.842. The van der Waals surface area contributed by atoms with E-state index < -0.39 is 0 Å². The minimum Gasteiger partial charge on any atom is -0.397 e. The Morgan fingerprint density at radius 3 is 2.74 bits per heavy atom. The van der Waals surface area contributed by atoms with E-state index in [0.29, 0.717) is 26.2 Å². The van der Waals surface area contributed by atoms with Crippen molar-refractivity contribution in [2.24, 2.45) is 0 Å². The van der Waals surface area contributed by atoms with Crippen molar-refractivity contribution in [1.82, 2.24) is 9.88 Å². The van der Waals surface area contributed by atoms with Crippen LogP contribution in [0.2, 0.25) is 10.0 Å². The molecule has 0 aliphatic carbocycles. The molecule has 0 unspecified atom stereocenters. The number of benzene rings is 2. The highest BCUT2D eigenvalue weighted by Gasteiger charge is 2.28. The molecule has 0 saturated heterocycles. The Hall–Kier alpha value is -2.44. The lowest BCUT2D eigenvalue weighted by molar-refractivity contribution is 0.104. The molecule has 3 heterocycles. The fourth-order valence-electron chi connectivity index (χ4n) is 4.15. The molecule has 4 nitrogen and oxygen atoms in total. The lowest BCUT2D eigenvalue weighted by Crippen LogP contribution is -2.28. The summed E-state index contributed by atoms with van der Waals surface area (Å²) in [5.41, 5.74) is 11.7. The molecule has 2 N–H and O–H groups in total. The van der Waals surface area contributed by atoms with Crippen LogP contribution in [0.5, 0.6) is 0 Å². The second-order valence-electron chi connectivity index (χ2n) is 7.74. The Morgan fingerprint density at radius 2 is 1.97 bits per heavy atom. The fraction of sp³-hybridized carbons (Fsp3) is 0.167. The Morgan fingerprint density at radius 1 is 1.16 bits per heavy atom. The molecule has 4 aromatic rings. The number of ketones is 1. The molecular weight excluding hydrogens is 449 g/mol. The van der Waals surface area contributed by atoms with E-state index in [9.17, 15) is 4.79 Å². The Kier molecular flexibility index (Phi) is 5.22. The van der Waals surface area contributed by atoms with E-state index in [4.69, 9.17) is 33.9 Å². The number of carbonyl (C=O) groups is 1. The molecule has 5 rings (SSSR count). The van der Waals surface area contributed by atoms with Gasteiger partial charge in [-0.25, -0.2) is 4.98 Å². The van der Waals surface area contributed by atoms with Gasteiger partial charge < -0.3 is 10.6 Å². The molecule has 2 aromatic heterocycles. The number of aromatic nitrogens is 1. The number of nitrogens with two attached hydrogens (primary N) is 1. The predicted octanol–water partition coefficient (Wildman–Crippen LogP) is 6.07. The summed E-state index contributed by atoms with van der Waals surface area (Å²) in [7, 11) is 2.09. The van der Waals surface area contributed by atoms with Crippen molar-refractivity contribution in [2.75, 3.05) is 19.3 Å². The van der Waals surface area contributed by atoms with Crippen molar-refractivity contribution in [3.8, 4) is 11.1 Å². The molecule has 31 heavy (non-hydrogen) atoms. The molecule has 0 fully saturated rings. The third kappa shape index (κ3) is 3.52. The minimum atomic E-state index is -0.150. The standard InChI is InChI=1S/C24H19Cl2N3OS/c1-29-10-9-18-16(12-29)19(15-7-2-3-8-17(15)26)20-21(27)23(31-24(20)28-18)22(30)13-5-4-6-14(25)11-13/h2-8,11H,9-10,12,27H2,1H3. The summed E-state index contributed by atoms with van der Waals surface area (Å²) < 4.78 is 0. The second kappa shape index (κ2) is 7.92. The number of halogens is 2. The van der Waals surface area contributed by atoms with Crippen LogP contribution in [-0.2, 0) is 13.0 Å². The lowest BCUT2D eigenvalue weighted by Gasteiger charge is -2.27. The van der Waals surface area contributed by atoms with Crippen molar-refractivity contribution in [1.29, 1.82) is 0 Å². The SMILES string of the molecule is CN1CCc2nc3sc(C(=O)c4cccc(Cl)c4)c(N)c3c(-c3ccccc3Cl)c2C1. The number of thiophene rings is 1. The molecule has 1 aliphatic rings. The molecular formula is C24H19Cl2N3OS. The summed E-state index contributed by atoms with van der Waals surface area (Å²) in [6, 6.07) is 14.7. The van der Waals surface area contributed by atoms with Crippen molar-refractivity contribution in [3.63, 3.8) is 0 Å². The van der Waals surface area contributed by atoms with Gasteiger partial charge in [0, 0.05) is 57.3 Å². The molecule has 1 aliphatic heterocycles. The molecule has 0 bridgehead atoms. The first-order chi connectivity index (χ1) is 14.9. The monoisotopic (exact) mass is 467 g/mol. The van der Waals surface area contributed by atoms with E-state index in [1.54, 1.807) is 24.3 Å². The Bertz CT molecular complexity index is 1350. The quantitative estimate of drug-likeness (QED) is 0.371. The van der Waals surface area contributed by atoms with Gasteiger partial charge in [0.25, 0.3) is 0 Å². The number of anilines is 1. The number of nitrogens with zero attached hydrogens (tertiary/aromatic N) is 2. The average Bonchev–Trinajstić information content (AvgIpc) is 3.08. The number of hydrogen-bond acceptors (Lipinski definition) is 5. The second-order valence-corrected chi connectivity index (χ2v) is 9.59. The minimum absolute atomic E-state index is 0.150. The number of fused-ring (bicyclic) bond motifs is 2. The number of carbonyl (C=O) groups excluding carboxylic acids is 1. The predicted molar refractivity (Wildman–Crippen MR) is 129 cm³/mol. The molecule has 156 valence electrons. The summed E-state index contributed by atoms with van der Waals surface area (Å²) in [5.74, 6) is -0.150. The van der Waals surface area contributed by atoms with Crippen LogP contribution < -0.4 is 5.73 Å². The van der Waals surface area contributed by atoms with Gasteiger partial charge in [-0.1, -0.05) is 53.5 Å². The molecule has 2 aromatic carbocycles. The first-order valence-corrected chi connectivity index (χ1v) is 11.5. The highest BCUT2D eigenvalue weighted by atomic mass is 35.5. The maximum atomic E-state index is 13.3. The molecule has 0 spiro atoms. The van der Waals surface area contributed by atoms with Crippen molar-refractivity contribution in [3.05, 3.63) is 80.3 Å². The number of pyridine rings is 1. The van der Waals surface area contributed by atoms with E-state index in [1.807, 2.05) is 24.3 Å². The summed E-state index contributed by atoms with van der Waals surface area (Å²) in [6.45, 7) is 1.69. The first kappa shape index (κ1) is 20.5. The highest BCUT2D eigenvalue weighted by molar-refractivity contribution is 7.21. The van der Waals surface area contributed by atoms with Crippen LogP contribution in [-0.4, -0.2) is 29.3 Å². The maximum absolute atomic E-state index is 13.3. The highest BCUT2D eigenvalue weighted by Crippen LogP contribution is 2.45. The van der Waals surface area contributed by atoms with Gasteiger partial charge in [0.1, 0.15) is 9.71 Å². The topological polar surface area (TPSA) is 59.2 Å². The van der Waals surface area contributed by atoms with Crippen LogP contribution in [0, 0.1) is 0 Å². The molecule has 7 heteroatoms. The Labute approximate surface area is 194 Å². The first-order valence-electron chi connectivity index (χ1n) is 9.91. The number of likely N-dealkylation sites (N-methyl/N-ethyl adjacent to an activating group) is 1. The van der Waals surface area contributed by atoms with E-state index in [0.717, 1.165) is 52.1 Å². The van der Waals surface area contributed by atoms with Gasteiger partial charge in [0.15, 0.2) is 0 Å². The fourth-order valence-corrected chi connectivity index (χ4v) is 5.66. The van der Waals surface area contributed by atoms with Crippen molar-refractivity contribution >= 4 is 56.2 Å².